The van der Waals surface area contributed by atoms with Gasteiger partial charge in [-0.2, -0.15) is 5.26 Å². The Labute approximate surface area is 111 Å². The molecule has 18 heavy (non-hydrogen) atoms. The topological polar surface area (TPSA) is 49.6 Å². The van der Waals surface area contributed by atoms with Gasteiger partial charge in [0.1, 0.15) is 11.0 Å². The maximum Gasteiger partial charge on any atom is 0.136 e. The molecule has 0 aliphatic heterocycles. The van der Waals surface area contributed by atoms with Gasteiger partial charge in [-0.25, -0.2) is 9.97 Å². The summed E-state index contributed by atoms with van der Waals surface area (Å²) in [7, 11) is 0. The fourth-order valence-corrected chi connectivity index (χ4v) is 1.90. The smallest absolute Gasteiger partial charge is 0.136 e. The van der Waals surface area contributed by atoms with E-state index in [-0.39, 0.29) is 0 Å². The molecule has 0 unspecified atom stereocenters. The molecule has 2 aromatic rings. The van der Waals surface area contributed by atoms with Crippen LogP contribution in [0.5, 0.6) is 0 Å². The molecule has 0 radical (unpaired) electrons. The molecule has 1 heterocycles. The molecule has 0 aliphatic rings. The maximum absolute atomic E-state index is 8.92. The normalized spacial score (nSPS) is 10.1. The molecule has 0 N–H and O–H groups in total. The average Bonchev–Trinajstić information content (AvgIpc) is 2.41. The second kappa shape index (κ2) is 5.16. The Kier molecular flexibility index (Phi) is 3.59. The van der Waals surface area contributed by atoms with E-state index in [1.54, 1.807) is 6.07 Å². The van der Waals surface area contributed by atoms with Crippen LogP contribution in [0.3, 0.4) is 0 Å². The highest BCUT2D eigenvalue weighted by atomic mass is 35.5. The van der Waals surface area contributed by atoms with Crippen molar-refractivity contribution >= 4 is 11.6 Å². The molecule has 0 saturated carbocycles. The van der Waals surface area contributed by atoms with Crippen molar-refractivity contribution in [2.24, 2.45) is 0 Å². The van der Waals surface area contributed by atoms with Crippen molar-refractivity contribution in [2.75, 3.05) is 0 Å². The second-order valence-electron chi connectivity index (χ2n) is 3.95. The van der Waals surface area contributed by atoms with Crippen molar-refractivity contribution in [1.82, 2.24) is 9.97 Å². The fraction of sp³-hybridized carbons (Fsp3) is 0.214. The van der Waals surface area contributed by atoms with Gasteiger partial charge in [0.05, 0.1) is 17.3 Å². The number of rotatable bonds is 2. The zero-order chi connectivity index (χ0) is 13.1. The van der Waals surface area contributed by atoms with E-state index in [0.717, 1.165) is 23.2 Å². The molecule has 2 rings (SSSR count). The molecule has 0 bridgehead atoms. The Balaban J connectivity index is 2.63. The molecule has 0 fully saturated rings. The van der Waals surface area contributed by atoms with Crippen molar-refractivity contribution < 1.29 is 0 Å². The van der Waals surface area contributed by atoms with E-state index in [4.69, 9.17) is 16.9 Å². The highest BCUT2D eigenvalue weighted by Crippen LogP contribution is 2.26. The van der Waals surface area contributed by atoms with Crippen LogP contribution in [0, 0.1) is 18.3 Å². The summed E-state index contributed by atoms with van der Waals surface area (Å²) in [5, 5.41) is 9.40. The summed E-state index contributed by atoms with van der Waals surface area (Å²) >= 11 is 6.11. The van der Waals surface area contributed by atoms with Crippen molar-refractivity contribution in [3.8, 4) is 17.3 Å². The van der Waals surface area contributed by atoms with Gasteiger partial charge in [0.2, 0.25) is 0 Å². The van der Waals surface area contributed by atoms with Gasteiger partial charge in [-0.15, -0.1) is 0 Å². The monoisotopic (exact) mass is 257 g/mol. The van der Waals surface area contributed by atoms with E-state index in [1.165, 1.54) is 0 Å². The Morgan fingerprint density at radius 1 is 1.33 bits per heavy atom. The number of nitriles is 1. The first-order valence-corrected chi connectivity index (χ1v) is 6.07. The van der Waals surface area contributed by atoms with Crippen molar-refractivity contribution in [3.05, 3.63) is 46.4 Å². The van der Waals surface area contributed by atoms with E-state index in [2.05, 4.69) is 16.0 Å². The standard InChI is InChI=1S/C14H12ClN3/c1-3-12-17-13(9(2)14(15)18-12)11-6-4-5-10(7-11)8-16/h4-7H,3H2,1-2H3. The molecule has 0 amide bonds. The van der Waals surface area contributed by atoms with Crippen molar-refractivity contribution in [1.29, 1.82) is 5.26 Å². The lowest BCUT2D eigenvalue weighted by molar-refractivity contribution is 0.934. The molecule has 90 valence electrons. The minimum atomic E-state index is 0.471. The molecule has 1 aromatic heterocycles. The zero-order valence-electron chi connectivity index (χ0n) is 10.2. The predicted molar refractivity (Wildman–Crippen MR) is 71.3 cm³/mol. The van der Waals surface area contributed by atoms with E-state index in [9.17, 15) is 0 Å². The number of aromatic nitrogens is 2. The Morgan fingerprint density at radius 2 is 2.11 bits per heavy atom. The molecular weight excluding hydrogens is 246 g/mol. The van der Waals surface area contributed by atoms with Crippen molar-refractivity contribution in [3.63, 3.8) is 0 Å². The SMILES string of the molecule is CCc1nc(Cl)c(C)c(-c2cccc(C#N)c2)n1. The molecule has 0 atom stereocenters. The Hall–Kier alpha value is -1.92. The van der Waals surface area contributed by atoms with Crippen LogP contribution in [0.1, 0.15) is 23.9 Å². The van der Waals surface area contributed by atoms with Crippen LogP contribution >= 0.6 is 11.6 Å². The number of halogens is 1. The first kappa shape index (κ1) is 12.5. The first-order chi connectivity index (χ1) is 8.65. The third-order valence-electron chi connectivity index (χ3n) is 2.71. The lowest BCUT2D eigenvalue weighted by Crippen LogP contribution is -1.99. The quantitative estimate of drug-likeness (QED) is 0.773. The van der Waals surface area contributed by atoms with Crippen LogP contribution in [0.4, 0.5) is 0 Å². The maximum atomic E-state index is 8.92. The van der Waals surface area contributed by atoms with E-state index in [0.29, 0.717) is 16.5 Å². The highest BCUT2D eigenvalue weighted by Gasteiger charge is 2.10. The highest BCUT2D eigenvalue weighted by molar-refractivity contribution is 6.30. The van der Waals surface area contributed by atoms with Crippen LogP contribution in [0.2, 0.25) is 5.15 Å². The van der Waals surface area contributed by atoms with Gasteiger partial charge in [0.15, 0.2) is 0 Å². The van der Waals surface area contributed by atoms with Crippen LogP contribution in [-0.4, -0.2) is 9.97 Å². The van der Waals surface area contributed by atoms with Crippen LogP contribution < -0.4 is 0 Å². The summed E-state index contributed by atoms with van der Waals surface area (Å²) in [6.45, 7) is 3.87. The van der Waals surface area contributed by atoms with Crippen molar-refractivity contribution in [2.45, 2.75) is 20.3 Å². The number of nitrogens with zero attached hydrogens (tertiary/aromatic N) is 3. The molecule has 0 spiro atoms. The molecular formula is C14H12ClN3. The van der Waals surface area contributed by atoms with Gasteiger partial charge in [-0.3, -0.25) is 0 Å². The number of benzene rings is 1. The molecule has 3 nitrogen and oxygen atoms in total. The molecule has 1 aromatic carbocycles. The summed E-state index contributed by atoms with van der Waals surface area (Å²) in [4.78, 5) is 8.70. The van der Waals surface area contributed by atoms with E-state index >= 15 is 0 Å². The summed E-state index contributed by atoms with van der Waals surface area (Å²) in [6.07, 6.45) is 0.727. The summed E-state index contributed by atoms with van der Waals surface area (Å²) < 4.78 is 0. The van der Waals surface area contributed by atoms with Crippen LogP contribution in [-0.2, 0) is 6.42 Å². The van der Waals surface area contributed by atoms with E-state index < -0.39 is 0 Å². The van der Waals surface area contributed by atoms with Gasteiger partial charge in [-0.05, 0) is 19.1 Å². The summed E-state index contributed by atoms with van der Waals surface area (Å²) in [5.41, 5.74) is 3.14. The summed E-state index contributed by atoms with van der Waals surface area (Å²) in [5.74, 6) is 0.711. The number of hydrogen-bond donors (Lipinski definition) is 0. The number of aryl methyl sites for hydroxylation is 1. The Morgan fingerprint density at radius 3 is 2.78 bits per heavy atom. The largest absolute Gasteiger partial charge is 0.233 e. The third kappa shape index (κ3) is 2.34. The van der Waals surface area contributed by atoms with Gasteiger partial charge in [0.25, 0.3) is 0 Å². The van der Waals surface area contributed by atoms with Crippen LogP contribution in [0.15, 0.2) is 24.3 Å². The minimum Gasteiger partial charge on any atom is -0.233 e. The molecule has 4 heteroatoms. The summed E-state index contributed by atoms with van der Waals surface area (Å²) in [6, 6.07) is 9.47. The second-order valence-corrected chi connectivity index (χ2v) is 4.31. The third-order valence-corrected chi connectivity index (χ3v) is 3.08. The number of hydrogen-bond acceptors (Lipinski definition) is 3. The predicted octanol–water partition coefficient (Wildman–Crippen LogP) is 3.54. The molecule has 0 aliphatic carbocycles. The minimum absolute atomic E-state index is 0.471. The Bertz CT molecular complexity index is 629. The molecule has 0 saturated heterocycles. The van der Waals surface area contributed by atoms with Gasteiger partial charge >= 0.3 is 0 Å². The van der Waals surface area contributed by atoms with E-state index in [1.807, 2.05) is 32.0 Å². The lowest BCUT2D eigenvalue weighted by atomic mass is 10.1. The van der Waals surface area contributed by atoms with Gasteiger partial charge in [-0.1, -0.05) is 30.7 Å². The lowest BCUT2D eigenvalue weighted by Gasteiger charge is -2.08. The fourth-order valence-electron chi connectivity index (χ4n) is 1.71. The van der Waals surface area contributed by atoms with Crippen LogP contribution in [0.25, 0.3) is 11.3 Å². The van der Waals surface area contributed by atoms with Gasteiger partial charge < -0.3 is 0 Å². The first-order valence-electron chi connectivity index (χ1n) is 5.69. The zero-order valence-corrected chi connectivity index (χ0v) is 11.0. The average molecular weight is 258 g/mol. The van der Waals surface area contributed by atoms with Gasteiger partial charge in [0, 0.05) is 17.5 Å².